The van der Waals surface area contributed by atoms with E-state index in [0.29, 0.717) is 30.1 Å². The van der Waals surface area contributed by atoms with Crippen molar-refractivity contribution < 1.29 is 4.74 Å². The smallest absolute Gasteiger partial charge is 0.0623 e. The topological polar surface area (TPSA) is 35.2 Å². The first-order chi connectivity index (χ1) is 9.81. The molecule has 0 radical (unpaired) electrons. The molecule has 1 aromatic rings. The molecule has 2 saturated heterocycles. The van der Waals surface area contributed by atoms with E-state index >= 15 is 0 Å². The minimum absolute atomic E-state index is 0.321. The lowest BCUT2D eigenvalue weighted by atomic mass is 9.75. The van der Waals surface area contributed by atoms with Gasteiger partial charge in [0.1, 0.15) is 0 Å². The first-order valence-corrected chi connectivity index (χ1v) is 8.30. The second kappa shape index (κ2) is 5.16. The lowest BCUT2D eigenvalue weighted by Gasteiger charge is -2.31. The van der Waals surface area contributed by atoms with E-state index in [2.05, 4.69) is 24.3 Å². The highest BCUT2D eigenvalue weighted by Crippen LogP contribution is 2.43. The molecule has 5 atom stereocenters. The Kier molecular flexibility index (Phi) is 3.31. The van der Waals surface area contributed by atoms with E-state index in [0.717, 1.165) is 6.42 Å². The summed E-state index contributed by atoms with van der Waals surface area (Å²) in [5, 5.41) is 0. The van der Waals surface area contributed by atoms with E-state index in [9.17, 15) is 0 Å². The number of hydrogen-bond acceptors (Lipinski definition) is 2. The largest absolute Gasteiger partial charge is 0.375 e. The van der Waals surface area contributed by atoms with Crippen LogP contribution in [0.5, 0.6) is 0 Å². The molecule has 2 aliphatic heterocycles. The Labute approximate surface area is 121 Å². The SMILES string of the molecule is NC(CC1CCCc2ccccc21)C1CC2CCC1O2. The Balaban J connectivity index is 1.47. The number of nitrogens with two attached hydrogens (primary N) is 1. The van der Waals surface area contributed by atoms with Gasteiger partial charge < -0.3 is 10.5 Å². The number of aryl methyl sites for hydroxylation is 1. The van der Waals surface area contributed by atoms with E-state index in [1.807, 2.05) is 0 Å². The van der Waals surface area contributed by atoms with Crippen LogP contribution in [-0.4, -0.2) is 18.2 Å². The summed E-state index contributed by atoms with van der Waals surface area (Å²) in [7, 11) is 0. The summed E-state index contributed by atoms with van der Waals surface area (Å²) >= 11 is 0. The van der Waals surface area contributed by atoms with Crippen molar-refractivity contribution in [3.63, 3.8) is 0 Å². The Hall–Kier alpha value is -0.860. The van der Waals surface area contributed by atoms with Gasteiger partial charge in [-0.3, -0.25) is 0 Å². The van der Waals surface area contributed by atoms with Gasteiger partial charge in [0.2, 0.25) is 0 Å². The predicted molar refractivity (Wildman–Crippen MR) is 80.7 cm³/mol. The lowest BCUT2D eigenvalue weighted by molar-refractivity contribution is 0.0873. The molecular weight excluding hydrogens is 246 g/mol. The molecule has 3 aliphatic rings. The Morgan fingerprint density at radius 3 is 2.90 bits per heavy atom. The standard InChI is InChI=1S/C18H25NO/c19-17(16-11-14-8-9-18(16)20-14)10-13-6-3-5-12-4-1-2-7-15(12)13/h1-2,4,7,13-14,16-18H,3,5-6,8-11,19H2. The average Bonchev–Trinajstić information content (AvgIpc) is 3.10. The summed E-state index contributed by atoms with van der Waals surface area (Å²) in [6, 6.07) is 9.30. The van der Waals surface area contributed by atoms with Crippen LogP contribution < -0.4 is 5.73 Å². The van der Waals surface area contributed by atoms with Crippen LogP contribution in [0.3, 0.4) is 0 Å². The highest BCUT2D eigenvalue weighted by Gasteiger charge is 2.43. The summed E-state index contributed by atoms with van der Waals surface area (Å²) in [6.45, 7) is 0. The molecule has 2 heteroatoms. The van der Waals surface area contributed by atoms with Gasteiger partial charge in [0.05, 0.1) is 12.2 Å². The fourth-order valence-corrected chi connectivity index (χ4v) is 4.73. The monoisotopic (exact) mass is 271 g/mol. The Morgan fingerprint density at radius 2 is 2.10 bits per heavy atom. The molecule has 1 aliphatic carbocycles. The van der Waals surface area contributed by atoms with E-state index in [1.165, 1.54) is 38.5 Å². The highest BCUT2D eigenvalue weighted by atomic mass is 16.5. The molecule has 0 aromatic heterocycles. The maximum Gasteiger partial charge on any atom is 0.0623 e. The van der Waals surface area contributed by atoms with E-state index < -0.39 is 0 Å². The molecule has 2 heterocycles. The van der Waals surface area contributed by atoms with Crippen molar-refractivity contribution in [2.24, 2.45) is 11.7 Å². The zero-order chi connectivity index (χ0) is 13.5. The van der Waals surface area contributed by atoms with E-state index in [1.54, 1.807) is 11.1 Å². The second-order valence-electron chi connectivity index (χ2n) is 6.96. The fraction of sp³-hybridized carbons (Fsp3) is 0.667. The molecule has 5 unspecified atom stereocenters. The van der Waals surface area contributed by atoms with Crippen LogP contribution in [0.25, 0.3) is 0 Å². The van der Waals surface area contributed by atoms with Gasteiger partial charge in [-0.2, -0.15) is 0 Å². The molecule has 0 amide bonds. The zero-order valence-corrected chi connectivity index (χ0v) is 12.1. The summed E-state index contributed by atoms with van der Waals surface area (Å²) in [5.41, 5.74) is 9.70. The van der Waals surface area contributed by atoms with Gasteiger partial charge in [0, 0.05) is 12.0 Å². The molecule has 1 aromatic carbocycles. The summed E-state index contributed by atoms with van der Waals surface area (Å²) < 4.78 is 5.98. The predicted octanol–water partition coefficient (Wildman–Crippen LogP) is 3.39. The minimum atomic E-state index is 0.321. The van der Waals surface area contributed by atoms with Crippen molar-refractivity contribution in [3.05, 3.63) is 35.4 Å². The number of ether oxygens (including phenoxy) is 1. The second-order valence-corrected chi connectivity index (χ2v) is 6.96. The third-order valence-electron chi connectivity index (χ3n) is 5.75. The molecule has 2 fully saturated rings. The number of rotatable bonds is 3. The van der Waals surface area contributed by atoms with Gasteiger partial charge in [-0.1, -0.05) is 24.3 Å². The maximum atomic E-state index is 6.57. The maximum absolute atomic E-state index is 6.57. The molecule has 2 bridgehead atoms. The van der Waals surface area contributed by atoms with Crippen LogP contribution in [0.1, 0.15) is 55.6 Å². The number of fused-ring (bicyclic) bond motifs is 3. The first-order valence-electron chi connectivity index (χ1n) is 8.30. The van der Waals surface area contributed by atoms with Crippen LogP contribution in [-0.2, 0) is 11.2 Å². The Morgan fingerprint density at radius 1 is 1.20 bits per heavy atom. The molecular formula is C18H25NO. The Bertz CT molecular complexity index is 486. The van der Waals surface area contributed by atoms with Gasteiger partial charge in [-0.05, 0) is 62.0 Å². The van der Waals surface area contributed by atoms with Gasteiger partial charge in [-0.25, -0.2) is 0 Å². The molecule has 0 saturated carbocycles. The number of hydrogen-bond donors (Lipinski definition) is 1. The lowest BCUT2D eigenvalue weighted by Crippen LogP contribution is -2.37. The van der Waals surface area contributed by atoms with Crippen LogP contribution in [0.2, 0.25) is 0 Å². The van der Waals surface area contributed by atoms with Crippen molar-refractivity contribution in [2.75, 3.05) is 0 Å². The minimum Gasteiger partial charge on any atom is -0.375 e. The van der Waals surface area contributed by atoms with Gasteiger partial charge in [-0.15, -0.1) is 0 Å². The summed E-state index contributed by atoms with van der Waals surface area (Å²) in [4.78, 5) is 0. The van der Waals surface area contributed by atoms with Crippen molar-refractivity contribution in [3.8, 4) is 0 Å². The molecule has 2 N–H and O–H groups in total. The third-order valence-corrected chi connectivity index (χ3v) is 5.75. The van der Waals surface area contributed by atoms with Crippen LogP contribution in [0.4, 0.5) is 0 Å². The van der Waals surface area contributed by atoms with Gasteiger partial charge in [0.25, 0.3) is 0 Å². The third kappa shape index (κ3) is 2.19. The summed E-state index contributed by atoms with van der Waals surface area (Å²) in [5.74, 6) is 1.29. The van der Waals surface area contributed by atoms with Crippen molar-refractivity contribution in [1.82, 2.24) is 0 Å². The van der Waals surface area contributed by atoms with Gasteiger partial charge >= 0.3 is 0 Å². The number of benzene rings is 1. The molecule has 0 spiro atoms. The van der Waals surface area contributed by atoms with Gasteiger partial charge in [0.15, 0.2) is 0 Å². The zero-order valence-electron chi connectivity index (χ0n) is 12.1. The fourth-order valence-electron chi connectivity index (χ4n) is 4.73. The quantitative estimate of drug-likeness (QED) is 0.914. The molecule has 108 valence electrons. The summed E-state index contributed by atoms with van der Waals surface area (Å²) in [6.07, 6.45) is 9.73. The first kappa shape index (κ1) is 12.8. The highest BCUT2D eigenvalue weighted by molar-refractivity contribution is 5.32. The van der Waals surface area contributed by atoms with Crippen LogP contribution in [0.15, 0.2) is 24.3 Å². The van der Waals surface area contributed by atoms with E-state index in [-0.39, 0.29) is 0 Å². The van der Waals surface area contributed by atoms with Crippen LogP contribution in [0, 0.1) is 5.92 Å². The average molecular weight is 271 g/mol. The molecule has 2 nitrogen and oxygen atoms in total. The van der Waals surface area contributed by atoms with Crippen molar-refractivity contribution in [1.29, 1.82) is 0 Å². The van der Waals surface area contributed by atoms with E-state index in [4.69, 9.17) is 10.5 Å². The van der Waals surface area contributed by atoms with Crippen molar-refractivity contribution in [2.45, 2.75) is 69.1 Å². The van der Waals surface area contributed by atoms with Crippen LogP contribution >= 0.6 is 0 Å². The molecule has 20 heavy (non-hydrogen) atoms. The molecule has 4 rings (SSSR count). The van der Waals surface area contributed by atoms with Crippen molar-refractivity contribution >= 4 is 0 Å². The normalized spacial score (nSPS) is 36.9.